The van der Waals surface area contributed by atoms with Gasteiger partial charge in [0.2, 0.25) is 0 Å². The van der Waals surface area contributed by atoms with E-state index in [0.29, 0.717) is 12.1 Å². The minimum Gasteiger partial charge on any atom is -0.497 e. The number of nitrogens with zero attached hydrogens (tertiary/aromatic N) is 2. The molecule has 3 atom stereocenters. The molecule has 3 aromatic rings. The van der Waals surface area contributed by atoms with Crippen LogP contribution in [0, 0.1) is 0 Å². The van der Waals surface area contributed by atoms with Gasteiger partial charge in [0.1, 0.15) is 11.4 Å². The summed E-state index contributed by atoms with van der Waals surface area (Å²) in [7, 11) is 1.61. The molecule has 1 aliphatic carbocycles. The highest BCUT2D eigenvalue weighted by atomic mass is 16.5. The van der Waals surface area contributed by atoms with Crippen molar-refractivity contribution in [3.63, 3.8) is 0 Å². The summed E-state index contributed by atoms with van der Waals surface area (Å²) in [5.74, 6) is 0.550. The monoisotopic (exact) mass is 326 g/mol. The van der Waals surface area contributed by atoms with Gasteiger partial charge in [-0.05, 0) is 36.8 Å². The minimum atomic E-state index is -0.498. The van der Waals surface area contributed by atoms with E-state index in [-0.39, 0.29) is 18.0 Å². The smallest absolute Gasteiger partial charge is 0.268 e. The molecule has 2 heterocycles. The molecule has 1 aromatic carbocycles. The van der Waals surface area contributed by atoms with E-state index in [2.05, 4.69) is 15.4 Å². The highest BCUT2D eigenvalue weighted by Gasteiger charge is 2.42. The summed E-state index contributed by atoms with van der Waals surface area (Å²) in [5.41, 5.74) is 1.36. The third kappa shape index (κ3) is 2.43. The van der Waals surface area contributed by atoms with Gasteiger partial charge in [-0.2, -0.15) is 5.10 Å². The molecule has 7 heteroatoms. The lowest BCUT2D eigenvalue weighted by molar-refractivity contribution is -0.00594. The van der Waals surface area contributed by atoms with Crippen LogP contribution in [0.1, 0.15) is 23.0 Å². The maximum atomic E-state index is 12.5. The number of fused-ring (bicyclic) bond motifs is 1. The molecule has 24 heavy (non-hydrogen) atoms. The lowest BCUT2D eigenvalue weighted by atomic mass is 9.83. The summed E-state index contributed by atoms with van der Waals surface area (Å²) >= 11 is 0. The number of aliphatic hydroxyl groups is 1. The van der Waals surface area contributed by atoms with Crippen LogP contribution in [0.3, 0.4) is 0 Å². The van der Waals surface area contributed by atoms with Gasteiger partial charge in [0, 0.05) is 23.3 Å². The molecular weight excluding hydrogens is 308 g/mol. The van der Waals surface area contributed by atoms with Crippen molar-refractivity contribution in [3.05, 3.63) is 48.4 Å². The summed E-state index contributed by atoms with van der Waals surface area (Å²) in [6.45, 7) is 0. The van der Waals surface area contributed by atoms with Crippen LogP contribution in [-0.4, -0.2) is 45.0 Å². The van der Waals surface area contributed by atoms with Crippen molar-refractivity contribution in [2.45, 2.75) is 24.6 Å². The molecule has 4 rings (SSSR count). The number of rotatable bonds is 4. The van der Waals surface area contributed by atoms with Gasteiger partial charge in [-0.1, -0.05) is 0 Å². The van der Waals surface area contributed by atoms with Gasteiger partial charge < -0.3 is 20.1 Å². The molecule has 0 saturated heterocycles. The van der Waals surface area contributed by atoms with Crippen molar-refractivity contribution in [2.24, 2.45) is 0 Å². The van der Waals surface area contributed by atoms with Crippen molar-refractivity contribution in [3.8, 4) is 5.75 Å². The lowest BCUT2D eigenvalue weighted by Crippen LogP contribution is -2.56. The van der Waals surface area contributed by atoms with Gasteiger partial charge in [0.15, 0.2) is 0 Å². The largest absolute Gasteiger partial charge is 0.497 e. The molecular formula is C17H18N4O3. The second-order valence-electron chi connectivity index (χ2n) is 6.00. The topological polar surface area (TPSA) is 92.2 Å². The fraction of sp³-hybridized carbons (Fsp3) is 0.294. The van der Waals surface area contributed by atoms with E-state index in [1.54, 1.807) is 36.3 Å². The zero-order valence-corrected chi connectivity index (χ0v) is 13.1. The van der Waals surface area contributed by atoms with Gasteiger partial charge >= 0.3 is 0 Å². The van der Waals surface area contributed by atoms with E-state index in [4.69, 9.17) is 4.74 Å². The quantitative estimate of drug-likeness (QED) is 0.677. The number of ether oxygens (including phenoxy) is 1. The highest BCUT2D eigenvalue weighted by molar-refractivity contribution is 5.98. The highest BCUT2D eigenvalue weighted by Crippen LogP contribution is 2.32. The number of methoxy groups -OCH3 is 1. The Hall–Kier alpha value is -2.80. The SMILES string of the molecule is COc1ccc2[nH]c(C(=O)N[C@H]3C[C@@H](O)[C@@H]3n3cccn3)cc2c1. The fourth-order valence-electron chi connectivity index (χ4n) is 3.18. The Bertz CT molecular complexity index is 871. The van der Waals surface area contributed by atoms with Crippen LogP contribution in [0.5, 0.6) is 5.75 Å². The van der Waals surface area contributed by atoms with Crippen LogP contribution >= 0.6 is 0 Å². The van der Waals surface area contributed by atoms with Gasteiger partial charge in [-0.25, -0.2) is 0 Å². The van der Waals surface area contributed by atoms with E-state index >= 15 is 0 Å². The number of nitrogens with one attached hydrogen (secondary N) is 2. The first kappa shape index (κ1) is 14.8. The Morgan fingerprint density at radius 2 is 2.33 bits per heavy atom. The molecule has 1 aliphatic rings. The predicted octanol–water partition coefficient (Wildman–Crippen LogP) is 1.48. The Labute approximate surface area is 138 Å². The molecule has 0 aliphatic heterocycles. The van der Waals surface area contributed by atoms with Crippen LogP contribution < -0.4 is 10.1 Å². The number of aromatic amines is 1. The molecule has 1 amide bonds. The van der Waals surface area contributed by atoms with Gasteiger partial charge in [-0.3, -0.25) is 9.48 Å². The Kier molecular flexibility index (Phi) is 3.50. The number of hydrogen-bond acceptors (Lipinski definition) is 4. The molecule has 0 radical (unpaired) electrons. The first-order chi connectivity index (χ1) is 11.7. The molecule has 0 spiro atoms. The minimum absolute atomic E-state index is 0.145. The first-order valence-electron chi connectivity index (χ1n) is 7.80. The summed E-state index contributed by atoms with van der Waals surface area (Å²) in [6.07, 6.45) is 3.47. The predicted molar refractivity (Wildman–Crippen MR) is 88.0 cm³/mol. The molecule has 1 saturated carbocycles. The number of H-pyrrole nitrogens is 1. The van der Waals surface area contributed by atoms with Gasteiger partial charge in [0.25, 0.3) is 5.91 Å². The number of aliphatic hydroxyl groups excluding tert-OH is 1. The molecule has 7 nitrogen and oxygen atoms in total. The number of hydrogen-bond donors (Lipinski definition) is 3. The van der Waals surface area contributed by atoms with E-state index in [1.807, 2.05) is 18.2 Å². The van der Waals surface area contributed by atoms with Crippen LogP contribution in [0.4, 0.5) is 0 Å². The zero-order chi connectivity index (χ0) is 16.7. The van der Waals surface area contributed by atoms with Crippen molar-refractivity contribution in [2.75, 3.05) is 7.11 Å². The van der Waals surface area contributed by atoms with Crippen LogP contribution in [0.2, 0.25) is 0 Å². The Balaban J connectivity index is 1.52. The third-order valence-electron chi connectivity index (χ3n) is 4.52. The van der Waals surface area contributed by atoms with Crippen molar-refractivity contribution in [1.82, 2.24) is 20.1 Å². The van der Waals surface area contributed by atoms with E-state index < -0.39 is 6.10 Å². The van der Waals surface area contributed by atoms with Crippen LogP contribution in [0.15, 0.2) is 42.7 Å². The lowest BCUT2D eigenvalue weighted by Gasteiger charge is -2.41. The zero-order valence-electron chi connectivity index (χ0n) is 13.1. The fourth-order valence-corrected chi connectivity index (χ4v) is 3.18. The van der Waals surface area contributed by atoms with Gasteiger partial charge in [0.05, 0.1) is 25.3 Å². The maximum absolute atomic E-state index is 12.5. The normalized spacial score (nSPS) is 23.0. The average Bonchev–Trinajstić information content (AvgIpc) is 3.22. The molecule has 1 fully saturated rings. The first-order valence-corrected chi connectivity index (χ1v) is 7.80. The number of aromatic nitrogens is 3. The number of amides is 1. The molecule has 2 aromatic heterocycles. The van der Waals surface area contributed by atoms with E-state index in [9.17, 15) is 9.90 Å². The Morgan fingerprint density at radius 3 is 3.04 bits per heavy atom. The standard InChI is InChI=1S/C17H18N4O3/c1-24-11-3-4-12-10(7-11)8-14(19-12)17(23)20-13-9-15(22)16(13)21-6-2-5-18-21/h2-8,13,15-16,19,22H,9H2,1H3,(H,20,23)/t13-,15+,16+/m0/s1. The number of carbonyl (C=O) groups is 1. The summed E-state index contributed by atoms with van der Waals surface area (Å²) in [6, 6.07) is 8.82. The second kappa shape index (κ2) is 5.68. The third-order valence-corrected chi connectivity index (χ3v) is 4.52. The second-order valence-corrected chi connectivity index (χ2v) is 6.00. The van der Waals surface area contributed by atoms with Crippen LogP contribution in [-0.2, 0) is 0 Å². The van der Waals surface area contributed by atoms with Crippen molar-refractivity contribution < 1.29 is 14.6 Å². The van der Waals surface area contributed by atoms with E-state index in [0.717, 1.165) is 16.7 Å². The number of carbonyl (C=O) groups excluding carboxylic acids is 1. The maximum Gasteiger partial charge on any atom is 0.268 e. The Morgan fingerprint density at radius 1 is 1.46 bits per heavy atom. The molecule has 3 N–H and O–H groups in total. The summed E-state index contributed by atoms with van der Waals surface area (Å²) in [5, 5.41) is 18.0. The summed E-state index contributed by atoms with van der Waals surface area (Å²) in [4.78, 5) is 15.6. The molecule has 124 valence electrons. The van der Waals surface area contributed by atoms with Crippen LogP contribution in [0.25, 0.3) is 10.9 Å². The average molecular weight is 326 g/mol. The van der Waals surface area contributed by atoms with E-state index in [1.165, 1.54) is 0 Å². The molecule has 0 bridgehead atoms. The van der Waals surface area contributed by atoms with Crippen molar-refractivity contribution >= 4 is 16.8 Å². The van der Waals surface area contributed by atoms with Gasteiger partial charge in [-0.15, -0.1) is 0 Å². The summed E-state index contributed by atoms with van der Waals surface area (Å²) < 4.78 is 6.89. The van der Waals surface area contributed by atoms with Crippen molar-refractivity contribution in [1.29, 1.82) is 0 Å². The molecule has 0 unspecified atom stereocenters. The number of benzene rings is 1.